The maximum Gasteiger partial charge on any atom is 0.237 e. The number of hydrogen-bond acceptors (Lipinski definition) is 5. The van der Waals surface area contributed by atoms with Crippen LogP contribution in [0.15, 0.2) is 170 Å². The molecule has 2 unspecified atom stereocenters. The number of aromatic nitrogens is 6. The number of benzene rings is 8. The Kier molecular flexibility index (Phi) is 7.76. The van der Waals surface area contributed by atoms with Gasteiger partial charge in [0, 0.05) is 68.6 Å². The molecule has 4 aromatic heterocycles. The zero-order chi connectivity index (χ0) is 42.9. The fraction of sp³-hybridized carbons (Fsp3) is 0.105. The van der Waals surface area contributed by atoms with Crippen molar-refractivity contribution in [3.63, 3.8) is 0 Å². The summed E-state index contributed by atoms with van der Waals surface area (Å²) in [6.07, 6.45) is 3.18. The zero-order valence-electron chi connectivity index (χ0n) is 35.9. The molecule has 0 saturated heterocycles. The average Bonchev–Trinajstić information content (AvgIpc) is 4.12. The number of fused-ring (bicyclic) bond motifs is 15. The molecule has 0 aliphatic heterocycles. The number of rotatable bonds is 7. The van der Waals surface area contributed by atoms with Crippen molar-refractivity contribution in [1.82, 2.24) is 39.3 Å². The van der Waals surface area contributed by atoms with Crippen molar-refractivity contribution < 1.29 is 0 Å². The molecule has 2 atom stereocenters. The molecule has 0 spiro atoms. The van der Waals surface area contributed by atoms with Crippen LogP contribution in [-0.4, -0.2) is 55.8 Å². The number of para-hydroxylation sites is 2. The molecule has 0 fully saturated rings. The third-order valence-electron chi connectivity index (χ3n) is 14.4. The molecule has 0 saturated carbocycles. The van der Waals surface area contributed by atoms with Crippen molar-refractivity contribution in [3.05, 3.63) is 193 Å². The van der Waals surface area contributed by atoms with E-state index in [-0.39, 0.29) is 11.8 Å². The van der Waals surface area contributed by atoms with Crippen LogP contribution >= 0.6 is 0 Å². The fourth-order valence-electron chi connectivity index (χ4n) is 11.8. The first kappa shape index (κ1) is 36.6. The molecule has 65 heavy (non-hydrogen) atoms. The van der Waals surface area contributed by atoms with Crippen LogP contribution in [-0.2, 0) is 0 Å². The van der Waals surface area contributed by atoms with Gasteiger partial charge in [0.05, 0.1) is 33.1 Å². The van der Waals surface area contributed by atoms with Crippen molar-refractivity contribution >= 4 is 65.4 Å². The van der Waals surface area contributed by atoms with E-state index < -0.39 is 0 Å². The molecule has 8 heteroatoms. The lowest BCUT2D eigenvalue weighted by Crippen LogP contribution is -2.16. The Balaban J connectivity index is 1.00. The first-order valence-electron chi connectivity index (χ1n) is 22.5. The van der Waals surface area contributed by atoms with Gasteiger partial charge >= 0.3 is 0 Å². The number of nitrogens with one attached hydrogen (secondary N) is 2. The van der Waals surface area contributed by atoms with E-state index in [9.17, 15) is 0 Å². The summed E-state index contributed by atoms with van der Waals surface area (Å²) < 4.78 is 7.11. The van der Waals surface area contributed by atoms with Crippen molar-refractivity contribution in [1.29, 1.82) is 0 Å². The summed E-state index contributed by atoms with van der Waals surface area (Å²) in [5.41, 5.74) is 19.8. The summed E-state index contributed by atoms with van der Waals surface area (Å²) in [6.45, 7) is 1.75. The molecule has 12 aromatic rings. The van der Waals surface area contributed by atoms with Crippen LogP contribution in [0.4, 0.5) is 0 Å². The van der Waals surface area contributed by atoms with Crippen LogP contribution in [0, 0.1) is 0 Å². The Morgan fingerprint density at radius 3 is 1.31 bits per heavy atom. The SMILES string of the molecule is CNCC1c2ccccc2-c2cc3c4ccccc4n(-c4ccc5c6ccc(-n7c8ccccc8c8cc9c(cc87)C(CNC)c7ccccc7-9)cc6n(-c6ncncn6)c5c4)c3cc21. The van der Waals surface area contributed by atoms with Crippen molar-refractivity contribution in [2.45, 2.75) is 11.8 Å². The largest absolute Gasteiger partial charge is 0.319 e. The normalized spacial score (nSPS) is 15.2. The molecule has 2 aliphatic carbocycles. The molecule has 14 rings (SSSR count). The van der Waals surface area contributed by atoms with Gasteiger partial charge in [-0.25, -0.2) is 15.0 Å². The third-order valence-corrected chi connectivity index (χ3v) is 14.4. The lowest BCUT2D eigenvalue weighted by Gasteiger charge is -2.14. The summed E-state index contributed by atoms with van der Waals surface area (Å²) in [7, 11) is 4.10. The maximum atomic E-state index is 4.79. The Hall–Kier alpha value is -7.91. The Morgan fingerprint density at radius 1 is 0.385 bits per heavy atom. The van der Waals surface area contributed by atoms with Gasteiger partial charge in [0.25, 0.3) is 0 Å². The van der Waals surface area contributed by atoms with Crippen molar-refractivity contribution in [2.75, 3.05) is 27.2 Å². The Morgan fingerprint density at radius 2 is 0.815 bits per heavy atom. The van der Waals surface area contributed by atoms with Crippen molar-refractivity contribution in [3.8, 4) is 39.6 Å². The molecule has 0 amide bonds. The smallest absolute Gasteiger partial charge is 0.237 e. The monoisotopic (exact) mass is 838 g/mol. The van der Waals surface area contributed by atoms with E-state index in [0.29, 0.717) is 5.95 Å². The lowest BCUT2D eigenvalue weighted by atomic mass is 9.96. The molecule has 0 bridgehead atoms. The number of likely N-dealkylation sites (N-methyl/N-ethyl adjacent to an activating group) is 2. The molecule has 8 aromatic carbocycles. The van der Waals surface area contributed by atoms with Crippen LogP contribution in [0.3, 0.4) is 0 Å². The van der Waals surface area contributed by atoms with Gasteiger partial charge in [-0.15, -0.1) is 0 Å². The van der Waals surface area contributed by atoms with E-state index in [2.05, 4.69) is 187 Å². The van der Waals surface area contributed by atoms with E-state index in [1.165, 1.54) is 88.1 Å². The summed E-state index contributed by atoms with van der Waals surface area (Å²) in [4.78, 5) is 13.8. The number of nitrogens with zero attached hydrogens (tertiary/aromatic N) is 6. The van der Waals surface area contributed by atoms with Crippen molar-refractivity contribution in [2.24, 2.45) is 0 Å². The highest BCUT2D eigenvalue weighted by molar-refractivity contribution is 6.15. The second-order valence-electron chi connectivity index (χ2n) is 17.7. The van der Waals surface area contributed by atoms with Gasteiger partial charge in [0.2, 0.25) is 5.95 Å². The van der Waals surface area contributed by atoms with Crippen LogP contribution < -0.4 is 10.6 Å². The average molecular weight is 839 g/mol. The first-order valence-corrected chi connectivity index (χ1v) is 22.5. The van der Waals surface area contributed by atoms with Crippen LogP contribution in [0.5, 0.6) is 0 Å². The number of hydrogen-bond donors (Lipinski definition) is 2. The molecule has 4 heterocycles. The second kappa shape index (κ2) is 13.8. The predicted molar refractivity (Wildman–Crippen MR) is 265 cm³/mol. The molecular weight excluding hydrogens is 797 g/mol. The van der Waals surface area contributed by atoms with Gasteiger partial charge in [0.15, 0.2) is 0 Å². The summed E-state index contributed by atoms with van der Waals surface area (Å²) in [5, 5.41) is 14.2. The quantitative estimate of drug-likeness (QED) is 0.167. The Labute approximate surface area is 374 Å². The second-order valence-corrected chi connectivity index (χ2v) is 17.7. The highest BCUT2D eigenvalue weighted by Gasteiger charge is 2.32. The van der Waals surface area contributed by atoms with E-state index in [1.807, 2.05) is 14.1 Å². The molecule has 2 N–H and O–H groups in total. The van der Waals surface area contributed by atoms with Gasteiger partial charge in [0.1, 0.15) is 12.7 Å². The van der Waals surface area contributed by atoms with E-state index in [4.69, 9.17) is 9.97 Å². The van der Waals surface area contributed by atoms with E-state index >= 15 is 0 Å². The van der Waals surface area contributed by atoms with Crippen LogP contribution in [0.25, 0.3) is 105 Å². The third kappa shape index (κ3) is 5.06. The van der Waals surface area contributed by atoms with Gasteiger partial charge in [-0.2, -0.15) is 0 Å². The standard InChI is InChI=1S/C57H42N8/c1-58-29-49-37-13-5-3-11-35(37)43-25-47-39-15-7-9-17-51(39)63(55(47)27-45(43)49)33-19-21-41-42-22-20-34(24-54(42)65(53(41)23-33)57-61-31-60-32-62-57)64-52-18-10-8-16-40(52)48-26-44-36-12-4-6-14-38(36)50(30-59-2)46(44)28-56(48)64/h3-28,31-32,49-50,58-59H,29-30H2,1-2H3. The Bertz CT molecular complexity index is 3710. The molecule has 2 aliphatic rings. The topological polar surface area (TPSA) is 77.5 Å². The van der Waals surface area contributed by atoms with E-state index in [1.54, 1.807) is 12.7 Å². The predicted octanol–water partition coefficient (Wildman–Crippen LogP) is 11.8. The zero-order valence-corrected chi connectivity index (χ0v) is 35.9. The molecule has 0 radical (unpaired) electrons. The molecular formula is C57H42N8. The fourth-order valence-corrected chi connectivity index (χ4v) is 11.8. The van der Waals surface area contributed by atoms with Crippen LogP contribution in [0.2, 0.25) is 0 Å². The van der Waals surface area contributed by atoms with Gasteiger partial charge < -0.3 is 19.8 Å². The summed E-state index contributed by atoms with van der Waals surface area (Å²) >= 11 is 0. The molecule has 310 valence electrons. The van der Waals surface area contributed by atoms with Gasteiger partial charge in [-0.1, -0.05) is 97.1 Å². The highest BCUT2D eigenvalue weighted by atomic mass is 15.2. The van der Waals surface area contributed by atoms with Crippen LogP contribution in [0.1, 0.15) is 34.1 Å². The minimum atomic E-state index is 0.270. The van der Waals surface area contributed by atoms with Gasteiger partial charge in [-0.05, 0) is 119 Å². The first-order chi connectivity index (χ1) is 32.2. The minimum absolute atomic E-state index is 0.270. The maximum absolute atomic E-state index is 4.79. The van der Waals surface area contributed by atoms with E-state index in [0.717, 1.165) is 46.3 Å². The summed E-state index contributed by atoms with van der Waals surface area (Å²) in [6, 6.07) is 58.9. The van der Waals surface area contributed by atoms with Gasteiger partial charge in [-0.3, -0.25) is 4.57 Å². The highest BCUT2D eigenvalue weighted by Crippen LogP contribution is 2.50. The lowest BCUT2D eigenvalue weighted by molar-refractivity contribution is 0.720. The summed E-state index contributed by atoms with van der Waals surface area (Å²) in [5.74, 6) is 1.12. The minimum Gasteiger partial charge on any atom is -0.319 e. The molecule has 8 nitrogen and oxygen atoms in total.